The molecular weight excluding hydrogens is 284 g/mol. The number of carbonyl (C=O) groups is 1. The normalized spacial score (nSPS) is 10.8. The third-order valence-electron chi connectivity index (χ3n) is 1.88. The van der Waals surface area contributed by atoms with Crippen LogP contribution in [0.2, 0.25) is 10.0 Å². The third-order valence-corrected chi connectivity index (χ3v) is 2.50. The average molecular weight is 290 g/mol. The minimum atomic E-state index is -0.843. The van der Waals surface area contributed by atoms with Crippen LogP contribution >= 0.6 is 23.2 Å². The molecule has 0 bridgehead atoms. The molecule has 1 rings (SSSR count). The van der Waals surface area contributed by atoms with E-state index >= 15 is 0 Å². The van der Waals surface area contributed by atoms with Gasteiger partial charge in [0.2, 0.25) is 0 Å². The van der Waals surface area contributed by atoms with E-state index in [0.717, 1.165) is 19.3 Å². The average Bonchev–Trinajstić information content (AvgIpc) is 2.34. The summed E-state index contributed by atoms with van der Waals surface area (Å²) in [5.41, 5.74) is 8.23. The first-order valence-corrected chi connectivity index (χ1v) is 5.25. The van der Waals surface area contributed by atoms with E-state index in [1.165, 1.54) is 6.07 Å². The van der Waals surface area contributed by atoms with Crippen molar-refractivity contribution in [3.8, 4) is 0 Å². The van der Waals surface area contributed by atoms with E-state index in [9.17, 15) is 9.18 Å². The zero-order valence-electron chi connectivity index (χ0n) is 9.02. The molecule has 0 unspecified atom stereocenters. The lowest BCUT2D eigenvalue weighted by molar-refractivity contribution is -0.136. The lowest BCUT2D eigenvalue weighted by atomic mass is 10.2. The molecular formula is C10H6Cl2FN3O2. The molecule has 0 amide bonds. The van der Waals surface area contributed by atoms with Crippen molar-refractivity contribution in [2.45, 2.75) is 0 Å². The van der Waals surface area contributed by atoms with Gasteiger partial charge in [0, 0.05) is 4.91 Å². The van der Waals surface area contributed by atoms with Crippen LogP contribution in [0.25, 0.3) is 16.5 Å². The van der Waals surface area contributed by atoms with Crippen LogP contribution in [-0.2, 0) is 9.53 Å². The SMILES string of the molecule is COC(=O)C(=Cc1cc(Cl)c(F)cc1Cl)N=[N+]=[N-]. The summed E-state index contributed by atoms with van der Waals surface area (Å²) in [6.07, 6.45) is 1.15. The van der Waals surface area contributed by atoms with E-state index in [-0.39, 0.29) is 21.3 Å². The number of azide groups is 1. The van der Waals surface area contributed by atoms with Crippen LogP contribution in [0.1, 0.15) is 5.56 Å². The number of carbonyl (C=O) groups excluding carboxylic acids is 1. The third kappa shape index (κ3) is 3.37. The zero-order valence-corrected chi connectivity index (χ0v) is 10.5. The second-order valence-electron chi connectivity index (χ2n) is 3.00. The number of benzene rings is 1. The molecule has 0 atom stereocenters. The topological polar surface area (TPSA) is 75.1 Å². The standard InChI is InChI=1S/C10H6Cl2FN3O2/c1-18-10(17)9(15-16-14)3-5-2-7(12)8(13)4-6(5)11/h2-4H,1H3. The second-order valence-corrected chi connectivity index (χ2v) is 3.81. The molecule has 94 valence electrons. The van der Waals surface area contributed by atoms with E-state index in [0.29, 0.717) is 0 Å². The summed E-state index contributed by atoms with van der Waals surface area (Å²) in [7, 11) is 1.13. The van der Waals surface area contributed by atoms with Crippen molar-refractivity contribution in [2.24, 2.45) is 5.11 Å². The smallest absolute Gasteiger partial charge is 0.340 e. The van der Waals surface area contributed by atoms with Gasteiger partial charge >= 0.3 is 5.97 Å². The number of rotatable bonds is 3. The molecule has 0 saturated heterocycles. The molecule has 0 saturated carbocycles. The first kappa shape index (κ1) is 14.3. The van der Waals surface area contributed by atoms with E-state index in [1.54, 1.807) is 0 Å². The van der Waals surface area contributed by atoms with Gasteiger partial charge in [-0.15, -0.1) is 0 Å². The van der Waals surface area contributed by atoms with Gasteiger partial charge in [-0.3, -0.25) is 0 Å². The molecule has 5 nitrogen and oxygen atoms in total. The molecule has 1 aromatic carbocycles. The van der Waals surface area contributed by atoms with Gasteiger partial charge in [-0.2, -0.15) is 0 Å². The Morgan fingerprint density at radius 3 is 2.72 bits per heavy atom. The Kier molecular flexibility index (Phi) is 4.97. The zero-order chi connectivity index (χ0) is 13.7. The summed E-state index contributed by atoms with van der Waals surface area (Å²) in [5, 5.41) is 3.00. The number of methoxy groups -OCH3 is 1. The monoisotopic (exact) mass is 289 g/mol. The summed E-state index contributed by atoms with van der Waals surface area (Å²) in [6, 6.07) is 2.19. The maximum Gasteiger partial charge on any atom is 0.340 e. The van der Waals surface area contributed by atoms with Crippen LogP contribution in [0.3, 0.4) is 0 Å². The summed E-state index contributed by atoms with van der Waals surface area (Å²) < 4.78 is 17.5. The quantitative estimate of drug-likeness (QED) is 0.211. The van der Waals surface area contributed by atoms with E-state index in [4.69, 9.17) is 28.7 Å². The molecule has 0 aromatic heterocycles. The molecule has 0 spiro atoms. The van der Waals surface area contributed by atoms with Crippen LogP contribution in [-0.4, -0.2) is 13.1 Å². The van der Waals surface area contributed by atoms with E-state index in [2.05, 4.69) is 14.8 Å². The van der Waals surface area contributed by atoms with Gasteiger partial charge in [0.25, 0.3) is 0 Å². The highest BCUT2D eigenvalue weighted by molar-refractivity contribution is 6.34. The van der Waals surface area contributed by atoms with Gasteiger partial charge < -0.3 is 4.74 Å². The van der Waals surface area contributed by atoms with Crippen LogP contribution in [0.15, 0.2) is 22.9 Å². The molecule has 1 aromatic rings. The van der Waals surface area contributed by atoms with Crippen molar-refractivity contribution in [1.29, 1.82) is 0 Å². The first-order chi connectivity index (χ1) is 8.49. The molecule has 8 heteroatoms. The fourth-order valence-corrected chi connectivity index (χ4v) is 1.45. The van der Waals surface area contributed by atoms with Crippen LogP contribution in [0.5, 0.6) is 0 Å². The number of nitrogens with zero attached hydrogens (tertiary/aromatic N) is 3. The molecule has 0 aliphatic carbocycles. The molecule has 0 aliphatic heterocycles. The summed E-state index contributed by atoms with van der Waals surface area (Å²) in [5.74, 6) is -1.54. The molecule has 18 heavy (non-hydrogen) atoms. The van der Waals surface area contributed by atoms with Crippen molar-refractivity contribution in [3.05, 3.63) is 49.7 Å². The predicted molar refractivity (Wildman–Crippen MR) is 65.6 cm³/mol. The second kappa shape index (κ2) is 6.26. The van der Waals surface area contributed by atoms with Crippen LogP contribution < -0.4 is 0 Å². The highest BCUT2D eigenvalue weighted by Gasteiger charge is 2.11. The fourth-order valence-electron chi connectivity index (χ4n) is 1.08. The highest BCUT2D eigenvalue weighted by atomic mass is 35.5. The van der Waals surface area contributed by atoms with Crippen molar-refractivity contribution in [2.75, 3.05) is 7.11 Å². The lowest BCUT2D eigenvalue weighted by Crippen LogP contribution is -2.02. The van der Waals surface area contributed by atoms with Crippen molar-refractivity contribution in [3.63, 3.8) is 0 Å². The van der Waals surface area contributed by atoms with Crippen molar-refractivity contribution in [1.82, 2.24) is 0 Å². The Bertz CT molecular complexity index is 568. The van der Waals surface area contributed by atoms with Gasteiger partial charge in [0.05, 0.1) is 17.2 Å². The van der Waals surface area contributed by atoms with Gasteiger partial charge in [-0.05, 0) is 29.3 Å². The minimum absolute atomic E-state index is 0.0199. The number of hydrogen-bond donors (Lipinski definition) is 0. The maximum absolute atomic E-state index is 13.1. The van der Waals surface area contributed by atoms with Gasteiger partial charge in [0.1, 0.15) is 11.5 Å². The summed E-state index contributed by atoms with van der Waals surface area (Å²) in [6.45, 7) is 0. The van der Waals surface area contributed by atoms with Gasteiger partial charge in [0.15, 0.2) is 0 Å². The lowest BCUT2D eigenvalue weighted by Gasteiger charge is -2.03. The highest BCUT2D eigenvalue weighted by Crippen LogP contribution is 2.26. The Morgan fingerprint density at radius 2 is 2.17 bits per heavy atom. The maximum atomic E-state index is 13.1. The number of ether oxygens (including phenoxy) is 1. The Balaban J connectivity index is 3.32. The Labute approximate surface area is 111 Å². The largest absolute Gasteiger partial charge is 0.466 e. The van der Waals surface area contributed by atoms with E-state index in [1.807, 2.05) is 0 Å². The summed E-state index contributed by atoms with van der Waals surface area (Å²) in [4.78, 5) is 13.7. The Hall–Kier alpha value is -1.75. The molecule has 0 radical (unpaired) electrons. The molecule has 0 fully saturated rings. The molecule has 0 aliphatic rings. The number of esters is 1. The molecule has 0 heterocycles. The number of halogens is 3. The van der Waals surface area contributed by atoms with Gasteiger partial charge in [-0.1, -0.05) is 28.3 Å². The van der Waals surface area contributed by atoms with Crippen LogP contribution in [0, 0.1) is 5.82 Å². The fraction of sp³-hybridized carbons (Fsp3) is 0.100. The van der Waals surface area contributed by atoms with Gasteiger partial charge in [-0.25, -0.2) is 9.18 Å². The van der Waals surface area contributed by atoms with Crippen molar-refractivity contribution < 1.29 is 13.9 Å². The van der Waals surface area contributed by atoms with Crippen molar-refractivity contribution >= 4 is 35.2 Å². The predicted octanol–water partition coefficient (Wildman–Crippen LogP) is 3.96. The number of hydrogen-bond acceptors (Lipinski definition) is 3. The summed E-state index contributed by atoms with van der Waals surface area (Å²) >= 11 is 11.3. The first-order valence-electron chi connectivity index (χ1n) is 4.49. The molecule has 0 N–H and O–H groups in total. The minimum Gasteiger partial charge on any atom is -0.466 e. The van der Waals surface area contributed by atoms with E-state index < -0.39 is 11.8 Å². The van der Waals surface area contributed by atoms with Crippen LogP contribution in [0.4, 0.5) is 4.39 Å². The Morgan fingerprint density at radius 1 is 1.50 bits per heavy atom.